The van der Waals surface area contributed by atoms with Crippen molar-refractivity contribution in [2.75, 3.05) is 40.4 Å². The summed E-state index contributed by atoms with van der Waals surface area (Å²) < 4.78 is 4.98. The van der Waals surface area contributed by atoms with E-state index >= 15 is 0 Å². The molecule has 1 aromatic rings. The molecule has 0 saturated heterocycles. The molecule has 0 bridgehead atoms. The average Bonchev–Trinajstić information content (AvgIpc) is 2.39. The van der Waals surface area contributed by atoms with Crippen LogP contribution in [-0.4, -0.2) is 56.3 Å². The maximum atomic E-state index is 11.9. The Kier molecular flexibility index (Phi) is 6.32. The number of amides is 1. The maximum absolute atomic E-state index is 11.9. The molecule has 5 heteroatoms. The predicted molar refractivity (Wildman–Crippen MR) is 74.6 cm³/mol. The fourth-order valence-corrected chi connectivity index (χ4v) is 1.65. The summed E-state index contributed by atoms with van der Waals surface area (Å²) in [7, 11) is 3.63. The summed E-state index contributed by atoms with van der Waals surface area (Å²) in [6.45, 7) is 4.65. The lowest BCUT2D eigenvalue weighted by atomic mass is 10.1. The van der Waals surface area contributed by atoms with E-state index in [1.165, 1.54) is 6.07 Å². The first-order valence-electron chi connectivity index (χ1n) is 6.30. The molecule has 0 aliphatic rings. The number of hydrogen-bond donors (Lipinski definition) is 2. The summed E-state index contributed by atoms with van der Waals surface area (Å²) in [5.74, 6) is -0.239. The highest BCUT2D eigenvalue weighted by Crippen LogP contribution is 2.17. The molecule has 0 spiro atoms. The van der Waals surface area contributed by atoms with Gasteiger partial charge in [0.15, 0.2) is 0 Å². The first-order valence-corrected chi connectivity index (χ1v) is 6.30. The van der Waals surface area contributed by atoms with Crippen LogP contribution in [0.4, 0.5) is 0 Å². The fourth-order valence-electron chi connectivity index (χ4n) is 1.65. The fraction of sp³-hybridized carbons (Fsp3) is 0.500. The third-order valence-corrected chi connectivity index (χ3v) is 2.85. The molecule has 1 rings (SSSR count). The van der Waals surface area contributed by atoms with E-state index in [0.29, 0.717) is 18.7 Å². The van der Waals surface area contributed by atoms with Crippen molar-refractivity contribution in [3.63, 3.8) is 0 Å². The van der Waals surface area contributed by atoms with Crippen LogP contribution in [0.3, 0.4) is 0 Å². The Morgan fingerprint density at radius 2 is 2.16 bits per heavy atom. The smallest absolute Gasteiger partial charge is 0.255 e. The monoisotopic (exact) mass is 266 g/mol. The van der Waals surface area contributed by atoms with Gasteiger partial charge in [0.25, 0.3) is 5.91 Å². The van der Waals surface area contributed by atoms with Gasteiger partial charge in [-0.3, -0.25) is 4.79 Å². The number of aromatic hydroxyl groups is 1. The Labute approximate surface area is 114 Å². The van der Waals surface area contributed by atoms with Gasteiger partial charge in [-0.2, -0.15) is 0 Å². The lowest BCUT2D eigenvalue weighted by Crippen LogP contribution is -2.34. The molecular formula is C14H22N2O3. The molecule has 2 N–H and O–H groups in total. The van der Waals surface area contributed by atoms with Crippen molar-refractivity contribution in [2.24, 2.45) is 0 Å². The van der Waals surface area contributed by atoms with Gasteiger partial charge < -0.3 is 20.1 Å². The molecule has 0 heterocycles. The van der Waals surface area contributed by atoms with Gasteiger partial charge in [-0.05, 0) is 26.1 Å². The lowest BCUT2D eigenvalue weighted by Gasteiger charge is -2.16. The number of likely N-dealkylation sites (N-methyl/N-ethyl adjacent to an activating group) is 1. The normalized spacial score (nSPS) is 10.7. The van der Waals surface area contributed by atoms with Crippen molar-refractivity contribution < 1.29 is 14.6 Å². The zero-order chi connectivity index (χ0) is 14.3. The molecule has 5 nitrogen and oxygen atoms in total. The SMILES string of the molecule is COCCN(C)CCNC(=O)c1cc(C)ccc1O. The number of ether oxygens (including phenoxy) is 1. The molecule has 1 aromatic carbocycles. The highest BCUT2D eigenvalue weighted by atomic mass is 16.5. The van der Waals surface area contributed by atoms with Gasteiger partial charge in [0.05, 0.1) is 12.2 Å². The largest absolute Gasteiger partial charge is 0.507 e. The number of phenolic OH excluding ortho intramolecular Hbond substituents is 1. The number of methoxy groups -OCH3 is 1. The van der Waals surface area contributed by atoms with Crippen molar-refractivity contribution >= 4 is 5.91 Å². The zero-order valence-corrected chi connectivity index (χ0v) is 11.8. The Morgan fingerprint density at radius 1 is 1.42 bits per heavy atom. The van der Waals surface area contributed by atoms with Gasteiger partial charge in [-0.15, -0.1) is 0 Å². The Hall–Kier alpha value is -1.59. The van der Waals surface area contributed by atoms with E-state index < -0.39 is 0 Å². The Morgan fingerprint density at radius 3 is 2.84 bits per heavy atom. The van der Waals surface area contributed by atoms with E-state index in [-0.39, 0.29) is 11.7 Å². The number of aryl methyl sites for hydroxylation is 1. The minimum Gasteiger partial charge on any atom is -0.507 e. The van der Waals surface area contributed by atoms with Gasteiger partial charge in [0.1, 0.15) is 5.75 Å². The number of rotatable bonds is 7. The molecule has 0 radical (unpaired) electrons. The molecule has 0 aliphatic heterocycles. The molecule has 0 aliphatic carbocycles. The summed E-state index contributed by atoms with van der Waals surface area (Å²) in [6, 6.07) is 4.99. The van der Waals surface area contributed by atoms with Crippen LogP contribution in [0.25, 0.3) is 0 Å². The van der Waals surface area contributed by atoms with Crippen LogP contribution in [0.2, 0.25) is 0 Å². The molecule has 0 fully saturated rings. The number of carbonyl (C=O) groups is 1. The number of phenols is 1. The summed E-state index contributed by atoms with van der Waals surface area (Å²) in [4.78, 5) is 14.0. The maximum Gasteiger partial charge on any atom is 0.255 e. The van der Waals surface area contributed by atoms with Crippen molar-refractivity contribution in [1.29, 1.82) is 0 Å². The van der Waals surface area contributed by atoms with Crippen molar-refractivity contribution in [1.82, 2.24) is 10.2 Å². The van der Waals surface area contributed by atoms with E-state index in [4.69, 9.17) is 4.74 Å². The summed E-state index contributed by atoms with van der Waals surface area (Å²) >= 11 is 0. The first kappa shape index (κ1) is 15.5. The second kappa shape index (κ2) is 7.76. The van der Waals surface area contributed by atoms with Gasteiger partial charge in [-0.1, -0.05) is 11.6 Å². The van der Waals surface area contributed by atoms with E-state index in [9.17, 15) is 9.90 Å². The molecule has 1 amide bonds. The van der Waals surface area contributed by atoms with Crippen molar-refractivity contribution in [2.45, 2.75) is 6.92 Å². The number of carbonyl (C=O) groups excluding carboxylic acids is 1. The summed E-state index contributed by atoms with van der Waals surface area (Å²) in [6.07, 6.45) is 0. The van der Waals surface area contributed by atoms with Crippen LogP contribution in [0.5, 0.6) is 5.75 Å². The van der Waals surface area contributed by atoms with Crippen LogP contribution in [-0.2, 0) is 4.74 Å². The molecule has 0 unspecified atom stereocenters. The molecule has 0 aromatic heterocycles. The molecular weight excluding hydrogens is 244 g/mol. The van der Waals surface area contributed by atoms with Crippen molar-refractivity contribution in [3.05, 3.63) is 29.3 Å². The third kappa shape index (κ3) is 5.28. The highest BCUT2D eigenvalue weighted by Gasteiger charge is 2.10. The molecule has 19 heavy (non-hydrogen) atoms. The van der Waals surface area contributed by atoms with Gasteiger partial charge in [-0.25, -0.2) is 0 Å². The minimum absolute atomic E-state index is 0.0100. The minimum atomic E-state index is -0.249. The summed E-state index contributed by atoms with van der Waals surface area (Å²) in [5.41, 5.74) is 1.26. The number of nitrogens with one attached hydrogen (secondary N) is 1. The van der Waals surface area contributed by atoms with Gasteiger partial charge >= 0.3 is 0 Å². The molecule has 106 valence electrons. The van der Waals surface area contributed by atoms with Crippen LogP contribution < -0.4 is 5.32 Å². The van der Waals surface area contributed by atoms with E-state index in [1.54, 1.807) is 19.2 Å². The predicted octanol–water partition coefficient (Wildman–Crippen LogP) is 1.01. The molecule has 0 saturated carbocycles. The molecule has 0 atom stereocenters. The Bertz CT molecular complexity index is 421. The highest BCUT2D eigenvalue weighted by molar-refractivity contribution is 5.96. The number of benzene rings is 1. The average molecular weight is 266 g/mol. The van der Waals surface area contributed by atoms with Gasteiger partial charge in [0.2, 0.25) is 0 Å². The third-order valence-electron chi connectivity index (χ3n) is 2.85. The number of nitrogens with zero attached hydrogens (tertiary/aromatic N) is 1. The topological polar surface area (TPSA) is 61.8 Å². The van der Waals surface area contributed by atoms with Crippen LogP contribution in [0.15, 0.2) is 18.2 Å². The second-order valence-corrected chi connectivity index (χ2v) is 4.57. The zero-order valence-electron chi connectivity index (χ0n) is 11.8. The summed E-state index contributed by atoms with van der Waals surface area (Å²) in [5, 5.41) is 12.4. The second-order valence-electron chi connectivity index (χ2n) is 4.57. The van der Waals surface area contributed by atoms with E-state index in [1.807, 2.05) is 14.0 Å². The van der Waals surface area contributed by atoms with Crippen LogP contribution in [0, 0.1) is 6.92 Å². The lowest BCUT2D eigenvalue weighted by molar-refractivity contribution is 0.0945. The van der Waals surface area contributed by atoms with Gasteiger partial charge in [0, 0.05) is 26.7 Å². The Balaban J connectivity index is 2.41. The van der Waals surface area contributed by atoms with E-state index in [0.717, 1.165) is 18.7 Å². The quantitative estimate of drug-likeness (QED) is 0.773. The van der Waals surface area contributed by atoms with Crippen LogP contribution in [0.1, 0.15) is 15.9 Å². The van der Waals surface area contributed by atoms with E-state index in [2.05, 4.69) is 10.2 Å². The van der Waals surface area contributed by atoms with Crippen molar-refractivity contribution in [3.8, 4) is 5.75 Å². The van der Waals surface area contributed by atoms with Crippen LogP contribution >= 0.6 is 0 Å². The number of hydrogen-bond acceptors (Lipinski definition) is 4. The first-order chi connectivity index (χ1) is 9.04. The standard InChI is InChI=1S/C14H22N2O3/c1-11-4-5-13(17)12(10-11)14(18)15-6-7-16(2)8-9-19-3/h4-5,10,17H,6-9H2,1-3H3,(H,15,18).